The number of pyridine rings is 1. The van der Waals surface area contributed by atoms with Gasteiger partial charge in [-0.3, -0.25) is 4.98 Å². The molecule has 3 heteroatoms. The third kappa shape index (κ3) is 2.74. The van der Waals surface area contributed by atoms with E-state index in [1.807, 2.05) is 19.1 Å². The molecule has 0 aliphatic heterocycles. The Morgan fingerprint density at radius 3 is 2.67 bits per heavy atom. The van der Waals surface area contributed by atoms with Crippen molar-refractivity contribution in [3.8, 4) is 0 Å². The summed E-state index contributed by atoms with van der Waals surface area (Å²) in [6.07, 6.45) is 1.37. The van der Waals surface area contributed by atoms with Crippen molar-refractivity contribution in [3.05, 3.63) is 64.7 Å². The highest BCUT2D eigenvalue weighted by atomic mass is 19.1. The van der Waals surface area contributed by atoms with Gasteiger partial charge >= 0.3 is 0 Å². The molecule has 1 heterocycles. The summed E-state index contributed by atoms with van der Waals surface area (Å²) >= 11 is 0. The normalized spacial score (nSPS) is 12.4. The summed E-state index contributed by atoms with van der Waals surface area (Å²) in [6, 6.07) is 8.63. The summed E-state index contributed by atoms with van der Waals surface area (Å²) in [5.41, 5.74) is 3.04. The molecule has 1 N–H and O–H groups in total. The van der Waals surface area contributed by atoms with Crippen LogP contribution in [0, 0.1) is 19.7 Å². The molecule has 2 aromatic rings. The quantitative estimate of drug-likeness (QED) is 0.901. The molecule has 2 nitrogen and oxygen atoms in total. The van der Waals surface area contributed by atoms with E-state index < -0.39 is 6.10 Å². The largest absolute Gasteiger partial charge is 0.388 e. The molecule has 1 aromatic heterocycles. The summed E-state index contributed by atoms with van der Waals surface area (Å²) in [4.78, 5) is 4.23. The van der Waals surface area contributed by atoms with Gasteiger partial charge in [-0.15, -0.1) is 0 Å². The van der Waals surface area contributed by atoms with E-state index >= 15 is 0 Å². The van der Waals surface area contributed by atoms with Crippen LogP contribution in [0.2, 0.25) is 0 Å². The van der Waals surface area contributed by atoms with Gasteiger partial charge in [0.25, 0.3) is 0 Å². The van der Waals surface area contributed by atoms with Crippen molar-refractivity contribution in [2.24, 2.45) is 0 Å². The Bertz CT molecular complexity index is 554. The summed E-state index contributed by atoms with van der Waals surface area (Å²) in [5.74, 6) is -0.288. The Kier molecular flexibility index (Phi) is 3.72. The molecule has 0 aliphatic carbocycles. The van der Waals surface area contributed by atoms with Gasteiger partial charge in [0.1, 0.15) is 5.82 Å². The third-order valence-corrected chi connectivity index (χ3v) is 3.09. The fourth-order valence-electron chi connectivity index (χ4n) is 1.85. The molecule has 0 amide bonds. The van der Waals surface area contributed by atoms with E-state index in [9.17, 15) is 9.50 Å². The van der Waals surface area contributed by atoms with Crippen LogP contribution in [0.15, 0.2) is 36.5 Å². The lowest BCUT2D eigenvalue weighted by Gasteiger charge is -2.12. The minimum atomic E-state index is -0.728. The third-order valence-electron chi connectivity index (χ3n) is 3.09. The molecule has 2 rings (SSSR count). The first-order valence-corrected chi connectivity index (χ1v) is 5.92. The predicted octanol–water partition coefficient (Wildman–Crippen LogP) is 3.11. The first kappa shape index (κ1) is 12.7. The number of benzene rings is 1. The van der Waals surface area contributed by atoms with Crippen LogP contribution in [-0.2, 0) is 6.42 Å². The summed E-state index contributed by atoms with van der Waals surface area (Å²) in [6.45, 7) is 3.65. The van der Waals surface area contributed by atoms with Crippen molar-refractivity contribution in [2.75, 3.05) is 0 Å². The number of rotatable bonds is 3. The van der Waals surface area contributed by atoms with Gasteiger partial charge in [-0.2, -0.15) is 0 Å². The first-order valence-electron chi connectivity index (χ1n) is 5.92. The number of nitrogens with zero attached hydrogens (tertiary/aromatic N) is 1. The molecule has 0 aliphatic rings. The van der Waals surface area contributed by atoms with Gasteiger partial charge in [-0.25, -0.2) is 4.39 Å². The molecule has 0 fully saturated rings. The van der Waals surface area contributed by atoms with Crippen molar-refractivity contribution < 1.29 is 9.50 Å². The van der Waals surface area contributed by atoms with E-state index in [1.165, 1.54) is 6.07 Å². The standard InChI is InChI=1S/C15H16FNO/c1-10-5-6-12(8-13(10)16)15(18)9-14-11(2)4-3-7-17-14/h3-8,15,18H,9H2,1-2H3. The Balaban J connectivity index is 2.19. The second-order valence-electron chi connectivity index (χ2n) is 4.50. The number of aliphatic hydroxyl groups excluding tert-OH is 1. The van der Waals surface area contributed by atoms with Crippen LogP contribution < -0.4 is 0 Å². The van der Waals surface area contributed by atoms with Crippen LogP contribution in [0.3, 0.4) is 0 Å². The molecular formula is C15H16FNO. The maximum absolute atomic E-state index is 13.4. The lowest BCUT2D eigenvalue weighted by molar-refractivity contribution is 0.176. The molecular weight excluding hydrogens is 229 g/mol. The fraction of sp³-hybridized carbons (Fsp3) is 0.267. The van der Waals surface area contributed by atoms with Crippen molar-refractivity contribution in [2.45, 2.75) is 26.4 Å². The Morgan fingerprint density at radius 1 is 1.22 bits per heavy atom. The molecule has 0 radical (unpaired) electrons. The molecule has 0 spiro atoms. The zero-order valence-corrected chi connectivity index (χ0v) is 10.5. The summed E-state index contributed by atoms with van der Waals surface area (Å²) < 4.78 is 13.4. The minimum Gasteiger partial charge on any atom is -0.388 e. The predicted molar refractivity (Wildman–Crippen MR) is 68.8 cm³/mol. The van der Waals surface area contributed by atoms with Gasteiger partial charge in [0.15, 0.2) is 0 Å². The van der Waals surface area contributed by atoms with Crippen LogP contribution in [0.5, 0.6) is 0 Å². The van der Waals surface area contributed by atoms with E-state index in [2.05, 4.69) is 4.98 Å². The highest BCUT2D eigenvalue weighted by molar-refractivity contribution is 5.27. The molecule has 0 saturated heterocycles. The average molecular weight is 245 g/mol. The number of aryl methyl sites for hydroxylation is 2. The average Bonchev–Trinajstić information content (AvgIpc) is 2.35. The smallest absolute Gasteiger partial charge is 0.126 e. The summed E-state index contributed by atoms with van der Waals surface area (Å²) in [7, 11) is 0. The van der Waals surface area contributed by atoms with Gasteiger partial charge in [0.05, 0.1) is 6.10 Å². The SMILES string of the molecule is Cc1ccc(C(O)Cc2ncccc2C)cc1F. The van der Waals surface area contributed by atoms with Crippen LogP contribution in [0.25, 0.3) is 0 Å². The first-order chi connectivity index (χ1) is 8.58. The van der Waals surface area contributed by atoms with Crippen molar-refractivity contribution >= 4 is 0 Å². The van der Waals surface area contributed by atoms with Gasteiger partial charge in [0, 0.05) is 18.3 Å². The highest BCUT2D eigenvalue weighted by Gasteiger charge is 2.12. The van der Waals surface area contributed by atoms with Crippen molar-refractivity contribution in [3.63, 3.8) is 0 Å². The lowest BCUT2D eigenvalue weighted by Crippen LogP contribution is -2.05. The minimum absolute atomic E-state index is 0.288. The van der Waals surface area contributed by atoms with E-state index in [-0.39, 0.29) is 5.82 Å². The number of hydrogen-bond acceptors (Lipinski definition) is 2. The van der Waals surface area contributed by atoms with E-state index in [0.29, 0.717) is 17.5 Å². The van der Waals surface area contributed by atoms with Gasteiger partial charge in [0.2, 0.25) is 0 Å². The second-order valence-corrected chi connectivity index (χ2v) is 4.50. The lowest BCUT2D eigenvalue weighted by atomic mass is 10.0. The molecule has 0 bridgehead atoms. The molecule has 18 heavy (non-hydrogen) atoms. The molecule has 1 unspecified atom stereocenters. The topological polar surface area (TPSA) is 33.1 Å². The zero-order chi connectivity index (χ0) is 13.1. The Morgan fingerprint density at radius 2 is 2.00 bits per heavy atom. The maximum Gasteiger partial charge on any atom is 0.126 e. The number of aromatic nitrogens is 1. The van der Waals surface area contributed by atoms with Crippen molar-refractivity contribution in [1.29, 1.82) is 0 Å². The van der Waals surface area contributed by atoms with E-state index in [0.717, 1.165) is 11.3 Å². The van der Waals surface area contributed by atoms with E-state index in [1.54, 1.807) is 25.3 Å². The zero-order valence-electron chi connectivity index (χ0n) is 10.5. The van der Waals surface area contributed by atoms with Crippen LogP contribution >= 0.6 is 0 Å². The Hall–Kier alpha value is -1.74. The number of aliphatic hydroxyl groups is 1. The fourth-order valence-corrected chi connectivity index (χ4v) is 1.85. The monoisotopic (exact) mass is 245 g/mol. The van der Waals surface area contributed by atoms with Gasteiger partial charge < -0.3 is 5.11 Å². The Labute approximate surface area is 106 Å². The number of hydrogen-bond donors (Lipinski definition) is 1. The van der Waals surface area contributed by atoms with E-state index in [4.69, 9.17) is 0 Å². The van der Waals surface area contributed by atoms with Crippen LogP contribution in [0.4, 0.5) is 4.39 Å². The highest BCUT2D eigenvalue weighted by Crippen LogP contribution is 2.20. The van der Waals surface area contributed by atoms with Crippen LogP contribution in [0.1, 0.15) is 28.5 Å². The summed E-state index contributed by atoms with van der Waals surface area (Å²) in [5, 5.41) is 10.1. The van der Waals surface area contributed by atoms with Crippen LogP contribution in [-0.4, -0.2) is 10.1 Å². The second kappa shape index (κ2) is 5.27. The molecule has 1 aromatic carbocycles. The van der Waals surface area contributed by atoms with Gasteiger partial charge in [-0.05, 0) is 42.7 Å². The van der Waals surface area contributed by atoms with Gasteiger partial charge in [-0.1, -0.05) is 18.2 Å². The van der Waals surface area contributed by atoms with Crippen molar-refractivity contribution in [1.82, 2.24) is 4.98 Å². The molecule has 1 atom stereocenters. The number of halogens is 1. The molecule has 0 saturated carbocycles. The maximum atomic E-state index is 13.4. The molecule has 94 valence electrons.